The summed E-state index contributed by atoms with van der Waals surface area (Å²) in [5.41, 5.74) is -0.828. The lowest BCUT2D eigenvalue weighted by Gasteiger charge is -2.23. The van der Waals surface area contributed by atoms with E-state index in [9.17, 15) is 4.79 Å². The lowest BCUT2D eigenvalue weighted by Crippen LogP contribution is -2.34. The minimum absolute atomic E-state index is 0.272. The van der Waals surface area contributed by atoms with Crippen molar-refractivity contribution >= 4 is 11.9 Å². The maximum Gasteiger partial charge on any atom is 0.311 e. The van der Waals surface area contributed by atoms with E-state index in [4.69, 9.17) is 9.84 Å². The third-order valence-electron chi connectivity index (χ3n) is 2.86. The number of aliphatic carboxylic acids is 1. The lowest BCUT2D eigenvalue weighted by molar-refractivity contribution is -0.147. The molecule has 0 radical (unpaired) electrons. The molecule has 0 aromatic carbocycles. The van der Waals surface area contributed by atoms with Crippen LogP contribution >= 0.6 is 0 Å². The van der Waals surface area contributed by atoms with Crippen molar-refractivity contribution in [1.29, 1.82) is 0 Å². The summed E-state index contributed by atoms with van der Waals surface area (Å²) in [4.78, 5) is 19.3. The van der Waals surface area contributed by atoms with Crippen LogP contribution in [0.4, 0.5) is 5.95 Å². The van der Waals surface area contributed by atoms with Gasteiger partial charge in [0.1, 0.15) is 0 Å². The normalized spacial score (nSPS) is 13.7. The quantitative estimate of drug-likeness (QED) is 0.770. The Bertz CT molecular complexity index is 411. The van der Waals surface area contributed by atoms with Crippen LogP contribution in [0.2, 0.25) is 0 Å². The standard InChI is InChI=1S/C12H19N3O3/c1-4-12(3,10(16)17)8-14-11-13-7-6-9(15-11)18-5-2/h6-7H,4-5,8H2,1-3H3,(H,16,17)(H,13,14,15). The summed E-state index contributed by atoms with van der Waals surface area (Å²) in [7, 11) is 0. The number of hydrogen-bond acceptors (Lipinski definition) is 5. The highest BCUT2D eigenvalue weighted by Gasteiger charge is 2.31. The van der Waals surface area contributed by atoms with Crippen molar-refractivity contribution in [2.45, 2.75) is 27.2 Å². The number of nitrogens with one attached hydrogen (secondary N) is 1. The van der Waals surface area contributed by atoms with E-state index in [1.165, 1.54) is 0 Å². The number of carbonyl (C=O) groups is 1. The Hall–Kier alpha value is -1.85. The van der Waals surface area contributed by atoms with Crippen molar-refractivity contribution in [3.05, 3.63) is 12.3 Å². The molecule has 1 atom stereocenters. The van der Waals surface area contributed by atoms with Crippen molar-refractivity contribution < 1.29 is 14.6 Å². The van der Waals surface area contributed by atoms with Crippen LogP contribution in [-0.2, 0) is 4.79 Å². The summed E-state index contributed by atoms with van der Waals surface area (Å²) in [6.07, 6.45) is 2.10. The number of carboxylic acid groups (broad SMARTS) is 1. The van der Waals surface area contributed by atoms with Gasteiger partial charge in [0.25, 0.3) is 0 Å². The largest absolute Gasteiger partial charge is 0.481 e. The first-order valence-electron chi connectivity index (χ1n) is 5.95. The number of nitrogens with zero attached hydrogens (tertiary/aromatic N) is 2. The van der Waals surface area contributed by atoms with E-state index >= 15 is 0 Å². The van der Waals surface area contributed by atoms with Gasteiger partial charge in [0.05, 0.1) is 12.0 Å². The third kappa shape index (κ3) is 3.58. The predicted molar refractivity (Wildman–Crippen MR) is 67.7 cm³/mol. The highest BCUT2D eigenvalue weighted by molar-refractivity contribution is 5.74. The number of ether oxygens (including phenoxy) is 1. The SMILES string of the molecule is CCOc1ccnc(NCC(C)(CC)C(=O)O)n1. The number of carboxylic acids is 1. The van der Waals surface area contributed by atoms with Gasteiger partial charge in [-0.1, -0.05) is 6.92 Å². The Balaban J connectivity index is 2.68. The Kier molecular flexibility index (Phi) is 4.88. The van der Waals surface area contributed by atoms with Crippen molar-refractivity contribution in [2.75, 3.05) is 18.5 Å². The Morgan fingerprint density at radius 3 is 2.83 bits per heavy atom. The molecule has 0 bridgehead atoms. The maximum atomic E-state index is 11.1. The van der Waals surface area contributed by atoms with Crippen LogP contribution in [-0.4, -0.2) is 34.2 Å². The second kappa shape index (κ2) is 6.18. The first-order chi connectivity index (χ1) is 8.51. The maximum absolute atomic E-state index is 11.1. The van der Waals surface area contributed by atoms with Gasteiger partial charge in [0.15, 0.2) is 0 Å². The molecule has 0 saturated heterocycles. The van der Waals surface area contributed by atoms with Crippen LogP contribution < -0.4 is 10.1 Å². The molecule has 18 heavy (non-hydrogen) atoms. The average Bonchev–Trinajstić information content (AvgIpc) is 2.36. The molecular weight excluding hydrogens is 234 g/mol. The second-order valence-electron chi connectivity index (χ2n) is 4.22. The average molecular weight is 253 g/mol. The van der Waals surface area contributed by atoms with Gasteiger partial charge >= 0.3 is 5.97 Å². The Morgan fingerprint density at radius 1 is 1.56 bits per heavy atom. The van der Waals surface area contributed by atoms with Crippen LogP contribution in [0.1, 0.15) is 27.2 Å². The van der Waals surface area contributed by atoms with Gasteiger partial charge in [-0.3, -0.25) is 4.79 Å². The van der Waals surface area contributed by atoms with Gasteiger partial charge in [-0.2, -0.15) is 4.98 Å². The van der Waals surface area contributed by atoms with E-state index in [2.05, 4.69) is 15.3 Å². The highest BCUT2D eigenvalue weighted by Crippen LogP contribution is 2.21. The Morgan fingerprint density at radius 2 is 2.28 bits per heavy atom. The molecule has 100 valence electrons. The van der Waals surface area contributed by atoms with Crippen LogP contribution in [0.15, 0.2) is 12.3 Å². The topological polar surface area (TPSA) is 84.3 Å². The van der Waals surface area contributed by atoms with Gasteiger partial charge in [-0.05, 0) is 20.3 Å². The molecule has 1 aromatic rings. The van der Waals surface area contributed by atoms with E-state index in [0.717, 1.165) is 0 Å². The summed E-state index contributed by atoms with van der Waals surface area (Å²) in [6.45, 7) is 6.20. The highest BCUT2D eigenvalue weighted by atomic mass is 16.5. The summed E-state index contributed by atoms with van der Waals surface area (Å²) in [5.74, 6) is 0.0175. The van der Waals surface area contributed by atoms with Gasteiger partial charge in [0, 0.05) is 18.8 Å². The molecule has 2 N–H and O–H groups in total. The number of anilines is 1. The van der Waals surface area contributed by atoms with Crippen LogP contribution in [0.5, 0.6) is 5.88 Å². The lowest BCUT2D eigenvalue weighted by atomic mass is 9.88. The molecule has 0 amide bonds. The summed E-state index contributed by atoms with van der Waals surface area (Å²) in [6, 6.07) is 1.66. The van der Waals surface area contributed by atoms with Gasteiger partial charge in [0.2, 0.25) is 11.8 Å². The first-order valence-corrected chi connectivity index (χ1v) is 5.95. The third-order valence-corrected chi connectivity index (χ3v) is 2.86. The predicted octanol–water partition coefficient (Wildman–Crippen LogP) is 1.79. The molecule has 0 saturated carbocycles. The molecule has 0 aliphatic heterocycles. The summed E-state index contributed by atoms with van der Waals surface area (Å²) in [5, 5.41) is 12.1. The molecule has 1 rings (SSSR count). The minimum atomic E-state index is -0.835. The number of hydrogen-bond donors (Lipinski definition) is 2. The zero-order valence-electron chi connectivity index (χ0n) is 10.9. The fraction of sp³-hybridized carbons (Fsp3) is 0.583. The molecule has 0 spiro atoms. The zero-order valence-corrected chi connectivity index (χ0v) is 10.9. The molecule has 0 aliphatic carbocycles. The van der Waals surface area contributed by atoms with Crippen molar-refractivity contribution in [3.8, 4) is 5.88 Å². The van der Waals surface area contributed by atoms with Gasteiger partial charge < -0.3 is 15.2 Å². The zero-order chi connectivity index (χ0) is 13.6. The van der Waals surface area contributed by atoms with Crippen molar-refractivity contribution in [1.82, 2.24) is 9.97 Å². The fourth-order valence-electron chi connectivity index (χ4n) is 1.28. The smallest absolute Gasteiger partial charge is 0.311 e. The molecule has 1 aromatic heterocycles. The van der Waals surface area contributed by atoms with Crippen LogP contribution in [0.25, 0.3) is 0 Å². The van der Waals surface area contributed by atoms with Crippen LogP contribution in [0.3, 0.4) is 0 Å². The van der Waals surface area contributed by atoms with E-state index in [-0.39, 0.29) is 6.54 Å². The Labute approximate surface area is 106 Å². The number of aromatic nitrogens is 2. The van der Waals surface area contributed by atoms with Crippen molar-refractivity contribution in [2.24, 2.45) is 5.41 Å². The van der Waals surface area contributed by atoms with E-state index in [1.807, 2.05) is 13.8 Å². The van der Waals surface area contributed by atoms with Gasteiger partial charge in [-0.25, -0.2) is 4.98 Å². The molecule has 6 nitrogen and oxygen atoms in total. The minimum Gasteiger partial charge on any atom is -0.481 e. The molecule has 0 aliphatic rings. The molecule has 0 fully saturated rings. The molecular formula is C12H19N3O3. The fourth-order valence-corrected chi connectivity index (χ4v) is 1.28. The summed E-state index contributed by atoms with van der Waals surface area (Å²) >= 11 is 0. The van der Waals surface area contributed by atoms with E-state index in [1.54, 1.807) is 19.2 Å². The summed E-state index contributed by atoms with van der Waals surface area (Å²) < 4.78 is 5.24. The van der Waals surface area contributed by atoms with E-state index in [0.29, 0.717) is 24.9 Å². The monoisotopic (exact) mass is 253 g/mol. The first kappa shape index (κ1) is 14.2. The van der Waals surface area contributed by atoms with E-state index < -0.39 is 11.4 Å². The second-order valence-corrected chi connectivity index (χ2v) is 4.22. The molecule has 6 heteroatoms. The van der Waals surface area contributed by atoms with Gasteiger partial charge in [-0.15, -0.1) is 0 Å². The number of rotatable bonds is 7. The van der Waals surface area contributed by atoms with Crippen molar-refractivity contribution in [3.63, 3.8) is 0 Å². The molecule has 1 unspecified atom stereocenters. The molecule has 1 heterocycles. The van der Waals surface area contributed by atoms with Crippen LogP contribution in [0, 0.1) is 5.41 Å².